The zero-order valence-corrected chi connectivity index (χ0v) is 32.3. The molecule has 0 bridgehead atoms. The van der Waals surface area contributed by atoms with E-state index in [0.29, 0.717) is 5.92 Å². The minimum atomic E-state index is -0.170. The number of anilines is 3. The van der Waals surface area contributed by atoms with E-state index in [1.165, 1.54) is 66.2 Å². The standard InChI is InChI=1S/C53H43NO/c1-31(2)36-19-13-21-49-50(36)43-30-48(39-17-9-10-18-40(39)51(43)55-49)54(34-23-25-45-42(28-34)37-16-11-12-20-44(37)52(45,3)4)35-22-24-38-41-26-32-14-7-8-15-33(32)27-46(41)53(5,6)47(38)29-35/h7-31H,1-6H3. The topological polar surface area (TPSA) is 16.4 Å². The highest BCUT2D eigenvalue weighted by Crippen LogP contribution is 2.55. The van der Waals surface area contributed by atoms with E-state index in [4.69, 9.17) is 4.42 Å². The second-order valence-electron chi connectivity index (χ2n) is 17.1. The molecule has 266 valence electrons. The first-order valence-corrected chi connectivity index (χ1v) is 19.7. The summed E-state index contributed by atoms with van der Waals surface area (Å²) < 4.78 is 6.76. The van der Waals surface area contributed by atoms with Crippen LogP contribution in [0.4, 0.5) is 17.1 Å². The zero-order valence-electron chi connectivity index (χ0n) is 32.3. The van der Waals surface area contributed by atoms with E-state index in [9.17, 15) is 0 Å². The van der Waals surface area contributed by atoms with Gasteiger partial charge >= 0.3 is 0 Å². The molecule has 8 aromatic carbocycles. The first-order chi connectivity index (χ1) is 26.6. The van der Waals surface area contributed by atoms with Crippen molar-refractivity contribution in [2.24, 2.45) is 0 Å². The largest absolute Gasteiger partial charge is 0.455 e. The van der Waals surface area contributed by atoms with Crippen LogP contribution >= 0.6 is 0 Å². The summed E-state index contributed by atoms with van der Waals surface area (Å²) in [7, 11) is 0. The summed E-state index contributed by atoms with van der Waals surface area (Å²) in [6.07, 6.45) is 0. The molecule has 11 rings (SSSR count). The average Bonchev–Trinajstić information content (AvgIpc) is 3.77. The second-order valence-corrected chi connectivity index (χ2v) is 17.1. The fraction of sp³-hybridized carbons (Fsp3) is 0.170. The van der Waals surface area contributed by atoms with Gasteiger partial charge < -0.3 is 9.32 Å². The normalized spacial score (nSPS) is 14.8. The molecule has 0 N–H and O–H groups in total. The highest BCUT2D eigenvalue weighted by molar-refractivity contribution is 6.20. The van der Waals surface area contributed by atoms with Gasteiger partial charge in [-0.3, -0.25) is 0 Å². The zero-order chi connectivity index (χ0) is 37.4. The van der Waals surface area contributed by atoms with Crippen molar-refractivity contribution < 1.29 is 4.42 Å². The third kappa shape index (κ3) is 4.43. The van der Waals surface area contributed by atoms with Crippen molar-refractivity contribution in [3.05, 3.63) is 173 Å². The lowest BCUT2D eigenvalue weighted by molar-refractivity contribution is 0.660. The number of fused-ring (bicyclic) bond motifs is 12. The number of rotatable bonds is 4. The van der Waals surface area contributed by atoms with Crippen molar-refractivity contribution >= 4 is 60.5 Å². The summed E-state index contributed by atoms with van der Waals surface area (Å²) in [6.45, 7) is 14.0. The maximum Gasteiger partial charge on any atom is 0.143 e. The Morgan fingerprint density at radius 2 is 1.09 bits per heavy atom. The van der Waals surface area contributed by atoms with Crippen LogP contribution in [0.1, 0.15) is 75.3 Å². The molecular formula is C53H43NO. The highest BCUT2D eigenvalue weighted by atomic mass is 16.3. The minimum absolute atomic E-state index is 0.0727. The van der Waals surface area contributed by atoms with E-state index in [1.54, 1.807) is 0 Å². The number of furan rings is 1. The summed E-state index contributed by atoms with van der Waals surface area (Å²) in [6, 6.07) is 54.6. The Hall–Kier alpha value is -6.12. The molecule has 2 aliphatic rings. The van der Waals surface area contributed by atoms with Gasteiger partial charge in [-0.1, -0.05) is 139 Å². The fourth-order valence-electron chi connectivity index (χ4n) is 10.1. The van der Waals surface area contributed by atoms with Crippen LogP contribution in [0.25, 0.3) is 65.7 Å². The predicted molar refractivity (Wildman–Crippen MR) is 233 cm³/mol. The molecule has 0 spiro atoms. The van der Waals surface area contributed by atoms with Crippen molar-refractivity contribution in [1.29, 1.82) is 0 Å². The number of benzene rings is 8. The fourth-order valence-corrected chi connectivity index (χ4v) is 10.1. The Balaban J connectivity index is 1.21. The first kappa shape index (κ1) is 32.3. The highest BCUT2D eigenvalue weighted by Gasteiger charge is 2.38. The van der Waals surface area contributed by atoms with Crippen LogP contribution in [0.2, 0.25) is 0 Å². The van der Waals surface area contributed by atoms with E-state index in [0.717, 1.165) is 44.4 Å². The van der Waals surface area contributed by atoms with Crippen LogP contribution in [0, 0.1) is 0 Å². The summed E-state index contributed by atoms with van der Waals surface area (Å²) in [4.78, 5) is 2.52. The van der Waals surface area contributed by atoms with Gasteiger partial charge in [0.1, 0.15) is 11.2 Å². The van der Waals surface area contributed by atoms with Gasteiger partial charge in [0.2, 0.25) is 0 Å². The average molecular weight is 710 g/mol. The van der Waals surface area contributed by atoms with Gasteiger partial charge in [-0.25, -0.2) is 0 Å². The van der Waals surface area contributed by atoms with Gasteiger partial charge in [0.15, 0.2) is 0 Å². The molecule has 0 saturated carbocycles. The van der Waals surface area contributed by atoms with Gasteiger partial charge in [0.05, 0.1) is 5.69 Å². The smallest absolute Gasteiger partial charge is 0.143 e. The molecular weight excluding hydrogens is 667 g/mol. The predicted octanol–water partition coefficient (Wildman–Crippen LogP) is 15.1. The van der Waals surface area contributed by atoms with E-state index in [1.807, 2.05) is 0 Å². The van der Waals surface area contributed by atoms with Crippen molar-refractivity contribution in [2.75, 3.05) is 4.90 Å². The monoisotopic (exact) mass is 709 g/mol. The van der Waals surface area contributed by atoms with Crippen LogP contribution in [-0.4, -0.2) is 0 Å². The molecule has 2 aliphatic carbocycles. The van der Waals surface area contributed by atoms with E-state index in [2.05, 4.69) is 192 Å². The van der Waals surface area contributed by atoms with E-state index >= 15 is 0 Å². The molecule has 2 heteroatoms. The van der Waals surface area contributed by atoms with Crippen LogP contribution in [0.15, 0.2) is 150 Å². The SMILES string of the molecule is CC(C)c1cccc2oc3c4ccccc4c(N(c4ccc5c(c4)-c4ccccc4C5(C)C)c4ccc5c(c4)C(C)(C)c4cc6ccccc6cc4-5)cc3c12. The molecule has 0 unspecified atom stereocenters. The van der Waals surface area contributed by atoms with Crippen LogP contribution < -0.4 is 4.90 Å². The van der Waals surface area contributed by atoms with Crippen LogP contribution in [0.3, 0.4) is 0 Å². The van der Waals surface area contributed by atoms with Crippen molar-refractivity contribution in [1.82, 2.24) is 0 Å². The van der Waals surface area contributed by atoms with Gasteiger partial charge in [0, 0.05) is 43.7 Å². The number of hydrogen-bond donors (Lipinski definition) is 0. The van der Waals surface area contributed by atoms with E-state index in [-0.39, 0.29) is 10.8 Å². The molecule has 9 aromatic rings. The Kier molecular flexibility index (Phi) is 6.59. The Morgan fingerprint density at radius 3 is 1.91 bits per heavy atom. The molecule has 1 heterocycles. The third-order valence-electron chi connectivity index (χ3n) is 13.0. The molecule has 0 radical (unpaired) electrons. The van der Waals surface area contributed by atoms with Gasteiger partial charge in [-0.2, -0.15) is 0 Å². The Labute approximate surface area is 322 Å². The molecule has 0 atom stereocenters. The molecule has 0 amide bonds. The van der Waals surface area contributed by atoms with Crippen molar-refractivity contribution in [3.63, 3.8) is 0 Å². The summed E-state index contributed by atoms with van der Waals surface area (Å²) in [5.74, 6) is 0.355. The summed E-state index contributed by atoms with van der Waals surface area (Å²) >= 11 is 0. The summed E-state index contributed by atoms with van der Waals surface area (Å²) in [5, 5.41) is 7.23. The lowest BCUT2D eigenvalue weighted by Gasteiger charge is -2.30. The van der Waals surface area contributed by atoms with Crippen molar-refractivity contribution in [2.45, 2.75) is 58.3 Å². The molecule has 0 aliphatic heterocycles. The quantitative estimate of drug-likeness (QED) is 0.181. The molecule has 55 heavy (non-hydrogen) atoms. The number of hydrogen-bond acceptors (Lipinski definition) is 2. The minimum Gasteiger partial charge on any atom is -0.455 e. The summed E-state index contributed by atoms with van der Waals surface area (Å²) in [5.41, 5.74) is 17.2. The first-order valence-electron chi connectivity index (χ1n) is 19.7. The lowest BCUT2D eigenvalue weighted by Crippen LogP contribution is -2.17. The third-order valence-corrected chi connectivity index (χ3v) is 13.0. The maximum atomic E-state index is 6.76. The van der Waals surface area contributed by atoms with Crippen LogP contribution in [-0.2, 0) is 10.8 Å². The number of nitrogens with zero attached hydrogens (tertiary/aromatic N) is 1. The van der Waals surface area contributed by atoms with Crippen molar-refractivity contribution in [3.8, 4) is 22.3 Å². The molecule has 1 aromatic heterocycles. The van der Waals surface area contributed by atoms with E-state index < -0.39 is 0 Å². The molecule has 0 saturated heterocycles. The Morgan fingerprint density at radius 1 is 0.473 bits per heavy atom. The maximum absolute atomic E-state index is 6.76. The van der Waals surface area contributed by atoms with Crippen LogP contribution in [0.5, 0.6) is 0 Å². The Bertz CT molecular complexity index is 3080. The van der Waals surface area contributed by atoms with Gasteiger partial charge in [0.25, 0.3) is 0 Å². The lowest BCUT2D eigenvalue weighted by atomic mass is 9.81. The van der Waals surface area contributed by atoms with Gasteiger partial charge in [-0.15, -0.1) is 0 Å². The second kappa shape index (κ2) is 11.2. The molecule has 2 nitrogen and oxygen atoms in total. The van der Waals surface area contributed by atoms with Gasteiger partial charge in [-0.05, 0) is 115 Å². The molecule has 0 fully saturated rings.